The molecule has 0 spiro atoms. The van der Waals surface area contributed by atoms with Crippen LogP contribution in [0.5, 0.6) is 0 Å². The van der Waals surface area contributed by atoms with Crippen LogP contribution in [-0.4, -0.2) is 27.7 Å². The van der Waals surface area contributed by atoms with Crippen LogP contribution in [0.3, 0.4) is 0 Å². The molecule has 0 amide bonds. The second-order valence-electron chi connectivity index (χ2n) is 8.17. The highest BCUT2D eigenvalue weighted by atomic mass is 35.5. The number of hydrogen-bond donors (Lipinski definition) is 1. The summed E-state index contributed by atoms with van der Waals surface area (Å²) in [6, 6.07) is 12.1. The average molecular weight is 520 g/mol. The van der Waals surface area contributed by atoms with Gasteiger partial charge in [-0.25, -0.2) is 13.1 Å². The van der Waals surface area contributed by atoms with Gasteiger partial charge in [0.1, 0.15) is 0 Å². The molecule has 2 atom stereocenters. The Labute approximate surface area is 203 Å². The number of sulfonamides is 1. The number of carbonyl (C=O) groups excluding carboxylic acids is 1. The lowest BCUT2D eigenvalue weighted by Crippen LogP contribution is -2.29. The van der Waals surface area contributed by atoms with E-state index in [1.165, 1.54) is 31.4 Å². The van der Waals surface area contributed by atoms with Crippen LogP contribution in [0.2, 0.25) is 5.02 Å². The lowest BCUT2D eigenvalue weighted by Gasteiger charge is -2.21. The molecule has 2 aromatic carbocycles. The van der Waals surface area contributed by atoms with Gasteiger partial charge in [0, 0.05) is 17.5 Å². The maximum absolute atomic E-state index is 12.9. The Hall–Kier alpha value is -2.10. The molecule has 34 heavy (non-hydrogen) atoms. The van der Waals surface area contributed by atoms with E-state index < -0.39 is 28.2 Å². The van der Waals surface area contributed by atoms with Gasteiger partial charge in [0.25, 0.3) is 0 Å². The maximum Gasteiger partial charge on any atom is 0.391 e. The highest BCUT2D eigenvalue weighted by Crippen LogP contribution is 2.31. The topological polar surface area (TPSA) is 72.5 Å². The van der Waals surface area contributed by atoms with Crippen LogP contribution >= 0.6 is 11.6 Å². The Morgan fingerprint density at radius 3 is 2.21 bits per heavy atom. The van der Waals surface area contributed by atoms with Crippen molar-refractivity contribution < 1.29 is 31.1 Å². The summed E-state index contributed by atoms with van der Waals surface area (Å²) in [5.74, 6) is -1.76. The number of esters is 1. The van der Waals surface area contributed by atoms with Crippen LogP contribution in [0.1, 0.15) is 56.2 Å². The minimum Gasteiger partial charge on any atom is -0.469 e. The van der Waals surface area contributed by atoms with Crippen LogP contribution in [0, 0.1) is 5.92 Å². The van der Waals surface area contributed by atoms with E-state index in [0.29, 0.717) is 29.8 Å². The number of benzene rings is 2. The lowest BCUT2D eigenvalue weighted by atomic mass is 9.96. The molecule has 10 heteroatoms. The standard InChI is InChI=1S/C24H29ClF3NO4S/c1-17(24(26,27)28)5-3-7-22(29-34(31,32)21-15-13-20(25)14-16-21)19-11-9-18(10-12-19)6-4-8-23(30)33-2/h9-17,22,29H,3-8H2,1-2H3. The second-order valence-corrected chi connectivity index (χ2v) is 10.3. The van der Waals surface area contributed by atoms with Crippen molar-refractivity contribution in [3.63, 3.8) is 0 Å². The van der Waals surface area contributed by atoms with Gasteiger partial charge in [0.15, 0.2) is 0 Å². The molecular weight excluding hydrogens is 491 g/mol. The van der Waals surface area contributed by atoms with E-state index in [1.807, 2.05) is 12.1 Å². The Morgan fingerprint density at radius 2 is 1.65 bits per heavy atom. The fourth-order valence-corrected chi connectivity index (χ4v) is 4.80. The molecule has 188 valence electrons. The lowest BCUT2D eigenvalue weighted by molar-refractivity contribution is -0.171. The number of hydrogen-bond acceptors (Lipinski definition) is 4. The summed E-state index contributed by atoms with van der Waals surface area (Å²) in [5, 5.41) is 0.388. The first kappa shape index (κ1) is 28.1. The van der Waals surface area contributed by atoms with E-state index in [-0.39, 0.29) is 30.1 Å². The SMILES string of the molecule is COC(=O)CCCc1ccc(C(CCCC(C)C(F)(F)F)NS(=O)(=O)c2ccc(Cl)cc2)cc1. The highest BCUT2D eigenvalue weighted by Gasteiger charge is 2.35. The molecule has 5 nitrogen and oxygen atoms in total. The maximum atomic E-state index is 12.9. The molecule has 1 N–H and O–H groups in total. The van der Waals surface area contributed by atoms with Crippen molar-refractivity contribution in [2.75, 3.05) is 7.11 Å². The average Bonchev–Trinajstić information content (AvgIpc) is 2.78. The van der Waals surface area contributed by atoms with E-state index in [9.17, 15) is 26.4 Å². The van der Waals surface area contributed by atoms with E-state index in [4.69, 9.17) is 11.6 Å². The number of alkyl halides is 3. The molecule has 2 aromatic rings. The quantitative estimate of drug-likeness (QED) is 0.338. The summed E-state index contributed by atoms with van der Waals surface area (Å²) < 4.78 is 71.7. The minimum absolute atomic E-state index is 0.0185. The molecule has 0 bridgehead atoms. The van der Waals surface area contributed by atoms with Crippen molar-refractivity contribution in [3.05, 3.63) is 64.7 Å². The summed E-state index contributed by atoms with van der Waals surface area (Å²) in [5.41, 5.74) is 1.60. The third-order valence-electron chi connectivity index (χ3n) is 5.57. The van der Waals surface area contributed by atoms with E-state index in [2.05, 4.69) is 9.46 Å². The molecule has 0 heterocycles. The predicted molar refractivity (Wildman–Crippen MR) is 125 cm³/mol. The smallest absolute Gasteiger partial charge is 0.391 e. The number of aryl methyl sites for hydroxylation is 1. The predicted octanol–water partition coefficient (Wildman–Crippen LogP) is 6.22. The third-order valence-corrected chi connectivity index (χ3v) is 7.31. The second kappa shape index (κ2) is 12.6. The van der Waals surface area contributed by atoms with Gasteiger partial charge in [0.05, 0.1) is 17.9 Å². The van der Waals surface area contributed by atoms with Gasteiger partial charge in [0.2, 0.25) is 10.0 Å². The van der Waals surface area contributed by atoms with Gasteiger partial charge in [-0.1, -0.05) is 49.2 Å². The van der Waals surface area contributed by atoms with Crippen LogP contribution in [0.15, 0.2) is 53.4 Å². The molecule has 0 saturated heterocycles. The normalized spacial score (nSPS) is 13.9. The van der Waals surface area contributed by atoms with Gasteiger partial charge in [-0.2, -0.15) is 13.2 Å². The van der Waals surface area contributed by atoms with Crippen molar-refractivity contribution in [2.24, 2.45) is 5.92 Å². The molecule has 0 saturated carbocycles. The first-order chi connectivity index (χ1) is 15.9. The third kappa shape index (κ3) is 8.92. The number of halogens is 4. The van der Waals surface area contributed by atoms with Crippen LogP contribution in [0.25, 0.3) is 0 Å². The molecule has 0 radical (unpaired) electrons. The number of rotatable bonds is 12. The molecule has 0 aromatic heterocycles. The fraction of sp³-hybridized carbons (Fsp3) is 0.458. The zero-order valence-electron chi connectivity index (χ0n) is 19.1. The van der Waals surface area contributed by atoms with Crippen LogP contribution in [-0.2, 0) is 26.0 Å². The molecule has 0 aliphatic carbocycles. The first-order valence-electron chi connectivity index (χ1n) is 10.9. The number of ether oxygens (including phenoxy) is 1. The van der Waals surface area contributed by atoms with Gasteiger partial charge in [-0.15, -0.1) is 0 Å². The number of methoxy groups -OCH3 is 1. The molecular formula is C24H29ClF3NO4S. The zero-order valence-corrected chi connectivity index (χ0v) is 20.6. The van der Waals surface area contributed by atoms with Crippen molar-refractivity contribution in [1.29, 1.82) is 0 Å². The first-order valence-corrected chi connectivity index (χ1v) is 12.8. The van der Waals surface area contributed by atoms with Gasteiger partial charge < -0.3 is 4.74 Å². The summed E-state index contributed by atoms with van der Waals surface area (Å²) in [4.78, 5) is 11.3. The van der Waals surface area contributed by atoms with Crippen molar-refractivity contribution in [2.45, 2.75) is 62.6 Å². The monoisotopic (exact) mass is 519 g/mol. The molecule has 0 aliphatic heterocycles. The molecule has 2 unspecified atom stereocenters. The summed E-state index contributed by atoms with van der Waals surface area (Å²) in [6.07, 6.45) is -2.46. The fourth-order valence-electron chi connectivity index (χ4n) is 3.41. The Morgan fingerprint density at radius 1 is 1.03 bits per heavy atom. The van der Waals surface area contributed by atoms with Gasteiger partial charge in [-0.3, -0.25) is 4.79 Å². The van der Waals surface area contributed by atoms with E-state index in [1.54, 1.807) is 12.1 Å². The van der Waals surface area contributed by atoms with E-state index in [0.717, 1.165) is 12.5 Å². The van der Waals surface area contributed by atoms with Crippen molar-refractivity contribution in [1.82, 2.24) is 4.72 Å². The van der Waals surface area contributed by atoms with E-state index >= 15 is 0 Å². The Kier molecular flexibility index (Phi) is 10.4. The Bertz CT molecular complexity index is 1030. The number of carbonyl (C=O) groups is 1. The van der Waals surface area contributed by atoms with Crippen LogP contribution in [0.4, 0.5) is 13.2 Å². The zero-order chi connectivity index (χ0) is 25.4. The van der Waals surface area contributed by atoms with Gasteiger partial charge >= 0.3 is 12.1 Å². The van der Waals surface area contributed by atoms with Crippen molar-refractivity contribution >= 4 is 27.6 Å². The highest BCUT2D eigenvalue weighted by molar-refractivity contribution is 7.89. The van der Waals surface area contributed by atoms with Crippen molar-refractivity contribution in [3.8, 4) is 0 Å². The minimum atomic E-state index is -4.29. The molecule has 0 fully saturated rings. The van der Waals surface area contributed by atoms with Crippen LogP contribution < -0.4 is 4.72 Å². The number of nitrogens with one attached hydrogen (secondary N) is 1. The summed E-state index contributed by atoms with van der Waals surface area (Å²) in [6.45, 7) is 1.12. The molecule has 2 rings (SSSR count). The Balaban J connectivity index is 2.15. The molecule has 0 aliphatic rings. The largest absolute Gasteiger partial charge is 0.469 e. The summed E-state index contributed by atoms with van der Waals surface area (Å²) in [7, 11) is -2.59. The van der Waals surface area contributed by atoms with Gasteiger partial charge in [-0.05, 0) is 61.1 Å². The summed E-state index contributed by atoms with van der Waals surface area (Å²) >= 11 is 5.84.